The summed E-state index contributed by atoms with van der Waals surface area (Å²) in [5, 5.41) is 10.7. The van der Waals surface area contributed by atoms with Gasteiger partial charge in [0.05, 0.1) is 6.61 Å². The molecule has 236 valence electrons. The Labute approximate surface area is 264 Å². The second-order valence-corrected chi connectivity index (χ2v) is 11.6. The van der Waals surface area contributed by atoms with E-state index in [0.29, 0.717) is 45.3 Å². The van der Waals surface area contributed by atoms with Crippen molar-refractivity contribution >= 4 is 34.3 Å². The van der Waals surface area contributed by atoms with Crippen molar-refractivity contribution in [3.8, 4) is 0 Å². The van der Waals surface area contributed by atoms with E-state index in [1.807, 2.05) is 72.9 Å². The van der Waals surface area contributed by atoms with Crippen LogP contribution in [0, 0.1) is 0 Å². The lowest BCUT2D eigenvalue weighted by molar-refractivity contribution is -0.134. The summed E-state index contributed by atoms with van der Waals surface area (Å²) in [7, 11) is 0. The molecule has 0 fully saturated rings. The first-order chi connectivity index (χ1) is 22.1. The molecule has 5 rings (SSSR count). The molecular weight excluding hydrogens is 566 g/mol. The molecule has 0 spiro atoms. The van der Waals surface area contributed by atoms with E-state index in [-0.39, 0.29) is 23.6 Å². The third kappa shape index (κ3) is 9.43. The summed E-state index contributed by atoms with van der Waals surface area (Å²) in [5.41, 5.74) is 8.02. The molecule has 0 saturated heterocycles. The van der Waals surface area contributed by atoms with Crippen LogP contribution < -0.4 is 21.4 Å². The first-order valence-electron chi connectivity index (χ1n) is 16.0. The highest BCUT2D eigenvalue weighted by Gasteiger charge is 2.29. The highest BCUT2D eigenvalue weighted by atomic mass is 16.6. The van der Waals surface area contributed by atoms with E-state index in [2.05, 4.69) is 38.5 Å². The van der Waals surface area contributed by atoms with Gasteiger partial charge in [0, 0.05) is 54.6 Å². The first-order valence-corrected chi connectivity index (χ1v) is 16.0. The van der Waals surface area contributed by atoms with E-state index < -0.39 is 6.04 Å². The fourth-order valence-corrected chi connectivity index (χ4v) is 5.88. The fraction of sp³-hybridized carbons (Fsp3) is 0.361. The molecule has 1 aliphatic heterocycles. The number of unbranched alkanes of at least 4 members (excludes halogenated alkanes) is 2. The summed E-state index contributed by atoms with van der Waals surface area (Å²) in [6.45, 7) is 1.54. The van der Waals surface area contributed by atoms with Crippen LogP contribution in [0.15, 0.2) is 85.1 Å². The van der Waals surface area contributed by atoms with Crippen LogP contribution in [0.25, 0.3) is 10.9 Å². The summed E-state index contributed by atoms with van der Waals surface area (Å²) < 4.78 is 0. The summed E-state index contributed by atoms with van der Waals surface area (Å²) >= 11 is 0. The van der Waals surface area contributed by atoms with Gasteiger partial charge in [-0.1, -0.05) is 73.2 Å². The number of nitrogens with one attached hydrogen (secondary N) is 5. The number of aryl methyl sites for hydroxylation is 1. The van der Waals surface area contributed by atoms with Gasteiger partial charge in [-0.2, -0.15) is 0 Å². The van der Waals surface area contributed by atoms with Crippen molar-refractivity contribution in [2.75, 3.05) is 18.4 Å². The first kappa shape index (κ1) is 31.8. The SMILES string of the molecule is O=C(CCCCCNC(=O)[C@H](CC1CNc2ccccc21)NC(=O)CCCc1c[nH]c2ccccc12)NOCc1ccccc1. The maximum absolute atomic E-state index is 13.3. The van der Waals surface area contributed by atoms with Gasteiger partial charge in [-0.3, -0.25) is 19.2 Å². The molecule has 0 aliphatic carbocycles. The van der Waals surface area contributed by atoms with Gasteiger partial charge in [-0.15, -0.1) is 0 Å². The van der Waals surface area contributed by atoms with Crippen molar-refractivity contribution < 1.29 is 19.2 Å². The highest BCUT2D eigenvalue weighted by Crippen LogP contribution is 2.34. The number of hydrogen-bond donors (Lipinski definition) is 5. The van der Waals surface area contributed by atoms with Crippen LogP contribution in [-0.2, 0) is 32.2 Å². The second kappa shape index (κ2) is 16.4. The van der Waals surface area contributed by atoms with Gasteiger partial charge >= 0.3 is 0 Å². The van der Waals surface area contributed by atoms with E-state index in [0.717, 1.165) is 42.6 Å². The number of anilines is 1. The van der Waals surface area contributed by atoms with Gasteiger partial charge in [0.15, 0.2) is 0 Å². The molecule has 1 aromatic heterocycles. The molecule has 1 unspecified atom stereocenters. The molecule has 0 radical (unpaired) electrons. The number of benzene rings is 3. The number of H-pyrrole nitrogens is 1. The molecule has 9 heteroatoms. The van der Waals surface area contributed by atoms with Crippen LogP contribution in [-0.4, -0.2) is 41.8 Å². The van der Waals surface area contributed by atoms with Gasteiger partial charge < -0.3 is 20.9 Å². The number of hydrogen-bond acceptors (Lipinski definition) is 5. The molecule has 4 aromatic rings. The van der Waals surface area contributed by atoms with Crippen LogP contribution >= 0.6 is 0 Å². The number of amides is 3. The maximum atomic E-state index is 13.3. The molecular formula is C36H43N5O4. The number of aromatic nitrogens is 1. The Morgan fingerprint density at radius 3 is 2.51 bits per heavy atom. The van der Waals surface area contributed by atoms with Gasteiger partial charge in [0.1, 0.15) is 6.04 Å². The van der Waals surface area contributed by atoms with Crippen molar-refractivity contribution in [3.63, 3.8) is 0 Å². The van der Waals surface area contributed by atoms with Crippen molar-refractivity contribution in [1.82, 2.24) is 21.1 Å². The van der Waals surface area contributed by atoms with Gasteiger partial charge in [-0.05, 0) is 60.9 Å². The third-order valence-electron chi connectivity index (χ3n) is 8.28. The maximum Gasteiger partial charge on any atom is 0.243 e. The van der Waals surface area contributed by atoms with E-state index in [4.69, 9.17) is 4.84 Å². The second-order valence-electron chi connectivity index (χ2n) is 11.6. The largest absolute Gasteiger partial charge is 0.384 e. The van der Waals surface area contributed by atoms with Crippen LogP contribution in [0.2, 0.25) is 0 Å². The standard InChI is InChI=1S/C36H43N5O4/c42-34(20-11-14-27-23-38-31-17-8-6-15-29(27)31)40-33(22-28-24-39-32-18-9-7-16-30(28)32)36(44)37-21-10-2-5-19-35(43)41-45-25-26-12-3-1-4-13-26/h1,3-4,6-9,12-13,15-18,23,28,33,38-39H,2,5,10-11,14,19-22,24-25H2,(H,37,44)(H,40,42)(H,41,43)/t28?,33-/m0/s1. The summed E-state index contributed by atoms with van der Waals surface area (Å²) in [6.07, 6.45) is 6.93. The Bertz CT molecular complexity index is 1550. The number of fused-ring (bicyclic) bond motifs is 2. The smallest absolute Gasteiger partial charge is 0.243 e. The number of para-hydroxylation sites is 2. The predicted molar refractivity (Wildman–Crippen MR) is 176 cm³/mol. The Balaban J connectivity index is 1.05. The fourth-order valence-electron chi connectivity index (χ4n) is 5.88. The van der Waals surface area contributed by atoms with E-state index in [1.165, 1.54) is 16.5 Å². The van der Waals surface area contributed by atoms with Crippen LogP contribution in [0.5, 0.6) is 0 Å². The minimum Gasteiger partial charge on any atom is -0.384 e. The molecule has 9 nitrogen and oxygen atoms in total. The molecule has 1 aliphatic rings. The Hall–Kier alpha value is -4.63. The summed E-state index contributed by atoms with van der Waals surface area (Å²) in [5.74, 6) is -0.315. The minimum atomic E-state index is -0.629. The molecule has 2 heterocycles. The van der Waals surface area contributed by atoms with E-state index in [1.54, 1.807) is 0 Å². The van der Waals surface area contributed by atoms with E-state index >= 15 is 0 Å². The number of rotatable bonds is 17. The Morgan fingerprint density at radius 1 is 0.844 bits per heavy atom. The Kier molecular flexibility index (Phi) is 11.6. The molecule has 3 amide bonds. The minimum absolute atomic E-state index is 0.116. The molecule has 3 aromatic carbocycles. The molecule has 2 atom stereocenters. The third-order valence-corrected chi connectivity index (χ3v) is 8.28. The highest BCUT2D eigenvalue weighted by molar-refractivity contribution is 5.88. The zero-order valence-electron chi connectivity index (χ0n) is 25.6. The average molecular weight is 610 g/mol. The van der Waals surface area contributed by atoms with Crippen molar-refractivity contribution in [2.24, 2.45) is 0 Å². The summed E-state index contributed by atoms with van der Waals surface area (Å²) in [4.78, 5) is 47.0. The molecule has 45 heavy (non-hydrogen) atoms. The van der Waals surface area contributed by atoms with Crippen molar-refractivity contribution in [2.45, 2.75) is 69.9 Å². The lowest BCUT2D eigenvalue weighted by Crippen LogP contribution is -2.47. The van der Waals surface area contributed by atoms with Gasteiger partial charge in [0.2, 0.25) is 17.7 Å². The normalized spacial score (nSPS) is 14.4. The number of aromatic amines is 1. The lowest BCUT2D eigenvalue weighted by Gasteiger charge is -2.22. The van der Waals surface area contributed by atoms with Gasteiger partial charge in [0.25, 0.3) is 0 Å². The van der Waals surface area contributed by atoms with Crippen molar-refractivity contribution in [3.05, 3.63) is 102 Å². The number of carbonyl (C=O) groups excluding carboxylic acids is 3. The zero-order chi connectivity index (χ0) is 31.3. The molecule has 0 saturated carbocycles. The topological polar surface area (TPSA) is 124 Å². The Morgan fingerprint density at radius 2 is 1.62 bits per heavy atom. The zero-order valence-corrected chi connectivity index (χ0v) is 25.6. The van der Waals surface area contributed by atoms with Crippen LogP contribution in [0.3, 0.4) is 0 Å². The van der Waals surface area contributed by atoms with Gasteiger partial charge in [-0.25, -0.2) is 5.48 Å². The van der Waals surface area contributed by atoms with E-state index in [9.17, 15) is 14.4 Å². The lowest BCUT2D eigenvalue weighted by atomic mass is 9.93. The summed E-state index contributed by atoms with van der Waals surface area (Å²) in [6, 6.07) is 25.3. The van der Waals surface area contributed by atoms with Crippen molar-refractivity contribution in [1.29, 1.82) is 0 Å². The van der Waals surface area contributed by atoms with Crippen LogP contribution in [0.1, 0.15) is 67.6 Å². The van der Waals surface area contributed by atoms with Crippen LogP contribution in [0.4, 0.5) is 5.69 Å². The average Bonchev–Trinajstić information content (AvgIpc) is 3.67. The molecule has 0 bridgehead atoms. The quantitative estimate of drug-likeness (QED) is 0.0799. The number of carbonyl (C=O) groups is 3. The predicted octanol–water partition coefficient (Wildman–Crippen LogP) is 5.50. The monoisotopic (exact) mass is 609 g/mol. The molecule has 5 N–H and O–H groups in total. The number of hydroxylamine groups is 1.